The van der Waals surface area contributed by atoms with Gasteiger partial charge in [0.1, 0.15) is 6.17 Å². The minimum Gasteiger partial charge on any atom is -0.379 e. The van der Waals surface area contributed by atoms with Gasteiger partial charge in [0.25, 0.3) is 0 Å². The average molecular weight is 211 g/mol. The first-order chi connectivity index (χ1) is 6.79. The molecular formula is C11H14FNS. The Labute approximate surface area is 88.1 Å². The second kappa shape index (κ2) is 4.22. The third-order valence-electron chi connectivity index (χ3n) is 2.63. The van der Waals surface area contributed by atoms with Crippen molar-refractivity contribution in [3.63, 3.8) is 0 Å². The number of benzene rings is 1. The highest BCUT2D eigenvalue weighted by Gasteiger charge is 2.30. The number of rotatable bonds is 3. The third kappa shape index (κ3) is 2.03. The van der Waals surface area contributed by atoms with Crippen molar-refractivity contribution in [3.05, 3.63) is 24.3 Å². The Bertz CT molecular complexity index is 299. The van der Waals surface area contributed by atoms with Crippen LogP contribution in [0, 0.1) is 0 Å². The topological polar surface area (TPSA) is 12.0 Å². The molecule has 1 aromatic carbocycles. The number of halogens is 1. The number of hydrogen-bond acceptors (Lipinski definition) is 2. The fourth-order valence-electron chi connectivity index (χ4n) is 1.52. The van der Waals surface area contributed by atoms with Gasteiger partial charge < -0.3 is 5.32 Å². The zero-order valence-electron chi connectivity index (χ0n) is 8.16. The summed E-state index contributed by atoms with van der Waals surface area (Å²) < 4.78 is 12.9. The van der Waals surface area contributed by atoms with E-state index < -0.39 is 6.17 Å². The van der Waals surface area contributed by atoms with Crippen LogP contribution in [0.5, 0.6) is 0 Å². The van der Waals surface area contributed by atoms with Gasteiger partial charge in [0.05, 0.1) is 6.04 Å². The zero-order valence-corrected chi connectivity index (χ0v) is 8.98. The van der Waals surface area contributed by atoms with Gasteiger partial charge in [-0.15, -0.1) is 11.8 Å². The first-order valence-corrected chi connectivity index (χ1v) is 6.07. The predicted molar refractivity (Wildman–Crippen MR) is 59.8 cm³/mol. The molecule has 0 saturated heterocycles. The van der Waals surface area contributed by atoms with Crippen LogP contribution in [-0.2, 0) is 0 Å². The summed E-state index contributed by atoms with van der Waals surface area (Å²) in [5.74, 6) is 0. The molecule has 2 rings (SSSR count). The van der Waals surface area contributed by atoms with Crippen LogP contribution >= 0.6 is 11.8 Å². The standard InChI is InChI=1S/C11H14FNS/c1-14-9-4-2-8(3-5-9)13-11-7-6-10(11)12/h2-5,10-11,13H,6-7H2,1H3. The summed E-state index contributed by atoms with van der Waals surface area (Å²) in [6.45, 7) is 0. The lowest BCUT2D eigenvalue weighted by molar-refractivity contribution is 0.186. The van der Waals surface area contributed by atoms with Crippen LogP contribution in [0.25, 0.3) is 0 Å². The Morgan fingerprint density at radius 1 is 1.29 bits per heavy atom. The molecule has 1 fully saturated rings. The predicted octanol–water partition coefficient (Wildman–Crippen LogP) is 3.32. The van der Waals surface area contributed by atoms with Crippen molar-refractivity contribution in [1.82, 2.24) is 0 Å². The van der Waals surface area contributed by atoms with Gasteiger partial charge in [-0.05, 0) is 43.4 Å². The molecule has 1 aliphatic rings. The lowest BCUT2D eigenvalue weighted by atomic mass is 9.90. The average Bonchev–Trinajstić information content (AvgIpc) is 2.24. The van der Waals surface area contributed by atoms with Gasteiger partial charge in [0, 0.05) is 10.6 Å². The number of nitrogens with one attached hydrogen (secondary N) is 1. The van der Waals surface area contributed by atoms with E-state index in [0.717, 1.165) is 12.1 Å². The second-order valence-corrected chi connectivity index (χ2v) is 4.45. The molecule has 0 aromatic heterocycles. The highest BCUT2D eigenvalue weighted by Crippen LogP contribution is 2.27. The Morgan fingerprint density at radius 3 is 2.43 bits per heavy atom. The van der Waals surface area contributed by atoms with Crippen LogP contribution in [0.4, 0.5) is 10.1 Å². The minimum absolute atomic E-state index is 0.0372. The Morgan fingerprint density at radius 2 is 2.00 bits per heavy atom. The van der Waals surface area contributed by atoms with Crippen molar-refractivity contribution >= 4 is 17.4 Å². The Hall–Kier alpha value is -0.700. The second-order valence-electron chi connectivity index (χ2n) is 3.57. The summed E-state index contributed by atoms with van der Waals surface area (Å²) in [7, 11) is 0. The van der Waals surface area contributed by atoms with E-state index in [9.17, 15) is 4.39 Å². The summed E-state index contributed by atoms with van der Waals surface area (Å²) in [5, 5.41) is 3.20. The molecule has 0 spiro atoms. The van der Waals surface area contributed by atoms with Gasteiger partial charge in [0.2, 0.25) is 0 Å². The first-order valence-electron chi connectivity index (χ1n) is 4.84. The van der Waals surface area contributed by atoms with E-state index in [2.05, 4.69) is 17.4 Å². The number of hydrogen-bond donors (Lipinski definition) is 1. The van der Waals surface area contributed by atoms with Crippen molar-refractivity contribution in [2.24, 2.45) is 0 Å². The molecule has 1 saturated carbocycles. The third-order valence-corrected chi connectivity index (χ3v) is 3.38. The lowest BCUT2D eigenvalue weighted by Crippen LogP contribution is -2.39. The molecule has 1 N–H and O–H groups in total. The number of alkyl halides is 1. The van der Waals surface area contributed by atoms with Gasteiger partial charge in [0.15, 0.2) is 0 Å². The summed E-state index contributed by atoms with van der Waals surface area (Å²) in [6, 6.07) is 8.17. The van der Waals surface area contributed by atoms with Crippen LogP contribution in [0.1, 0.15) is 12.8 Å². The molecule has 14 heavy (non-hydrogen) atoms. The van der Waals surface area contributed by atoms with E-state index in [0.29, 0.717) is 6.42 Å². The molecule has 2 atom stereocenters. The van der Waals surface area contributed by atoms with E-state index in [1.165, 1.54) is 4.90 Å². The van der Waals surface area contributed by atoms with Crippen molar-refractivity contribution in [2.75, 3.05) is 11.6 Å². The molecule has 0 bridgehead atoms. The van der Waals surface area contributed by atoms with Crippen LogP contribution in [0.2, 0.25) is 0 Å². The molecule has 1 aromatic rings. The number of thioether (sulfide) groups is 1. The fourth-order valence-corrected chi connectivity index (χ4v) is 1.93. The van der Waals surface area contributed by atoms with Crippen molar-refractivity contribution in [2.45, 2.75) is 30.0 Å². The summed E-state index contributed by atoms with van der Waals surface area (Å²) in [4.78, 5) is 1.24. The molecule has 1 aliphatic carbocycles. The smallest absolute Gasteiger partial charge is 0.120 e. The monoisotopic (exact) mass is 211 g/mol. The molecular weight excluding hydrogens is 197 g/mol. The molecule has 2 unspecified atom stereocenters. The van der Waals surface area contributed by atoms with Gasteiger partial charge in [-0.25, -0.2) is 4.39 Å². The molecule has 76 valence electrons. The molecule has 0 heterocycles. The highest BCUT2D eigenvalue weighted by atomic mass is 32.2. The lowest BCUT2D eigenvalue weighted by Gasteiger charge is -2.31. The zero-order chi connectivity index (χ0) is 9.97. The first kappa shape index (κ1) is 9.84. The van der Waals surface area contributed by atoms with Crippen LogP contribution in [0.3, 0.4) is 0 Å². The van der Waals surface area contributed by atoms with E-state index >= 15 is 0 Å². The molecule has 0 amide bonds. The largest absolute Gasteiger partial charge is 0.379 e. The van der Waals surface area contributed by atoms with E-state index in [1.54, 1.807) is 11.8 Å². The SMILES string of the molecule is CSc1ccc(NC2CCC2F)cc1. The van der Waals surface area contributed by atoms with E-state index in [-0.39, 0.29) is 6.04 Å². The van der Waals surface area contributed by atoms with E-state index in [1.807, 2.05) is 18.4 Å². The van der Waals surface area contributed by atoms with Crippen molar-refractivity contribution in [1.29, 1.82) is 0 Å². The summed E-state index contributed by atoms with van der Waals surface area (Å²) >= 11 is 1.71. The molecule has 1 nitrogen and oxygen atoms in total. The van der Waals surface area contributed by atoms with Gasteiger partial charge in [-0.3, -0.25) is 0 Å². The van der Waals surface area contributed by atoms with Gasteiger partial charge in [-0.1, -0.05) is 0 Å². The maximum absolute atomic E-state index is 12.9. The van der Waals surface area contributed by atoms with Crippen molar-refractivity contribution < 1.29 is 4.39 Å². The Balaban J connectivity index is 1.96. The minimum atomic E-state index is -0.657. The van der Waals surface area contributed by atoms with Gasteiger partial charge >= 0.3 is 0 Å². The normalized spacial score (nSPS) is 25.6. The van der Waals surface area contributed by atoms with Crippen LogP contribution in [-0.4, -0.2) is 18.5 Å². The van der Waals surface area contributed by atoms with Crippen molar-refractivity contribution in [3.8, 4) is 0 Å². The maximum Gasteiger partial charge on any atom is 0.120 e. The maximum atomic E-state index is 12.9. The molecule has 3 heteroatoms. The summed E-state index contributed by atoms with van der Waals surface area (Å²) in [5.41, 5.74) is 1.02. The molecule has 0 aliphatic heterocycles. The Kier molecular flexibility index (Phi) is 2.96. The van der Waals surface area contributed by atoms with Crippen LogP contribution < -0.4 is 5.32 Å². The van der Waals surface area contributed by atoms with E-state index in [4.69, 9.17) is 0 Å². The highest BCUT2D eigenvalue weighted by molar-refractivity contribution is 7.98. The fraction of sp³-hybridized carbons (Fsp3) is 0.455. The molecule has 0 radical (unpaired) electrons. The van der Waals surface area contributed by atoms with Crippen LogP contribution in [0.15, 0.2) is 29.2 Å². The quantitative estimate of drug-likeness (QED) is 0.770. The van der Waals surface area contributed by atoms with Gasteiger partial charge in [-0.2, -0.15) is 0 Å². The summed E-state index contributed by atoms with van der Waals surface area (Å²) in [6.07, 6.45) is 3.05. The number of anilines is 1.